The Bertz CT molecular complexity index is 432. The highest BCUT2D eigenvalue weighted by molar-refractivity contribution is 8.00. The Hall–Kier alpha value is -0.330. The molecule has 4 nitrogen and oxygen atoms in total. The van der Waals surface area contributed by atoms with Gasteiger partial charge in [0.05, 0.1) is 12.5 Å². The van der Waals surface area contributed by atoms with Crippen molar-refractivity contribution in [1.29, 1.82) is 0 Å². The normalized spacial score (nSPS) is 47.8. The van der Waals surface area contributed by atoms with E-state index in [1.165, 1.54) is 0 Å². The molecule has 2 saturated heterocycles. The van der Waals surface area contributed by atoms with E-state index < -0.39 is 6.17 Å². The molecule has 4 fully saturated rings. The Morgan fingerprint density at radius 1 is 1.23 bits per heavy atom. The molecule has 2 aliphatic carbocycles. The highest BCUT2D eigenvalue weighted by Crippen LogP contribution is 2.48. The molecule has 2 N–H and O–H groups in total. The van der Waals surface area contributed by atoms with Crippen molar-refractivity contribution < 1.29 is 13.9 Å². The van der Waals surface area contributed by atoms with Crippen molar-refractivity contribution in [1.82, 2.24) is 10.6 Å². The third kappa shape index (κ3) is 2.89. The number of ether oxygens (including phenoxy) is 1. The zero-order valence-corrected chi connectivity index (χ0v) is 13.6. The number of hydrogen-bond acceptors (Lipinski definition) is 4. The van der Waals surface area contributed by atoms with Crippen molar-refractivity contribution in [3.8, 4) is 0 Å². The summed E-state index contributed by atoms with van der Waals surface area (Å²) in [6.45, 7) is 1.25. The van der Waals surface area contributed by atoms with E-state index in [-0.39, 0.29) is 17.3 Å². The van der Waals surface area contributed by atoms with E-state index in [1.807, 2.05) is 11.8 Å². The van der Waals surface area contributed by atoms with Gasteiger partial charge in [-0.15, -0.1) is 11.8 Å². The van der Waals surface area contributed by atoms with E-state index in [2.05, 4.69) is 10.6 Å². The first-order valence-electron chi connectivity index (χ1n) is 8.64. The predicted octanol–water partition coefficient (Wildman–Crippen LogP) is 2.04. The first-order valence-corrected chi connectivity index (χ1v) is 9.58. The molecule has 7 atom stereocenters. The predicted molar refractivity (Wildman–Crippen MR) is 84.1 cm³/mol. The van der Waals surface area contributed by atoms with Crippen molar-refractivity contribution in [3.63, 3.8) is 0 Å². The van der Waals surface area contributed by atoms with E-state index in [1.54, 1.807) is 0 Å². The Kier molecular flexibility index (Phi) is 4.35. The average Bonchev–Trinajstić information content (AvgIpc) is 3.15. The van der Waals surface area contributed by atoms with Crippen LogP contribution in [-0.4, -0.2) is 42.1 Å². The molecule has 124 valence electrons. The summed E-state index contributed by atoms with van der Waals surface area (Å²) in [5.41, 5.74) is 0.0185. The third-order valence-electron chi connectivity index (χ3n) is 5.88. The minimum absolute atomic E-state index is 0.0137. The smallest absolute Gasteiger partial charge is 0.227 e. The number of fused-ring (bicyclic) bond motifs is 3. The highest BCUT2D eigenvalue weighted by Gasteiger charge is 2.47. The van der Waals surface area contributed by atoms with Crippen LogP contribution in [-0.2, 0) is 9.53 Å². The van der Waals surface area contributed by atoms with Crippen molar-refractivity contribution in [2.75, 3.05) is 13.2 Å². The van der Waals surface area contributed by atoms with Gasteiger partial charge in [-0.3, -0.25) is 10.1 Å². The van der Waals surface area contributed by atoms with Crippen molar-refractivity contribution in [2.24, 2.45) is 17.8 Å². The van der Waals surface area contributed by atoms with Crippen LogP contribution in [0.3, 0.4) is 0 Å². The molecule has 22 heavy (non-hydrogen) atoms. The van der Waals surface area contributed by atoms with Crippen molar-refractivity contribution >= 4 is 17.7 Å². The quantitative estimate of drug-likeness (QED) is 0.814. The summed E-state index contributed by atoms with van der Waals surface area (Å²) in [4.78, 5) is 12.2. The number of halogens is 1. The number of alkyl halides is 1. The molecule has 4 rings (SSSR count). The third-order valence-corrected chi connectivity index (χ3v) is 7.40. The highest BCUT2D eigenvalue weighted by atomic mass is 32.2. The summed E-state index contributed by atoms with van der Waals surface area (Å²) in [6, 6.07) is 0.479. The van der Waals surface area contributed by atoms with E-state index >= 15 is 0 Å². The standard InChI is InChI=1S/C16H25FN2O2S/c17-11-2-3-12-9(7-11)1-4-13-14(12)22-16(18-13)19-15(20)10-5-6-21-8-10/h9-14,16,18H,1-8H2,(H,19,20)/t9?,10-,11?,12?,13?,14?,16?/m1/s1. The van der Waals surface area contributed by atoms with Crippen LogP contribution in [0.1, 0.15) is 38.5 Å². The molecule has 1 amide bonds. The Labute approximate surface area is 135 Å². The molecule has 4 aliphatic rings. The molecule has 6 heteroatoms. The van der Waals surface area contributed by atoms with E-state index in [0.717, 1.165) is 38.5 Å². The molecular weight excluding hydrogens is 303 g/mol. The first kappa shape index (κ1) is 15.2. The zero-order chi connectivity index (χ0) is 15.1. The van der Waals surface area contributed by atoms with Crippen LogP contribution in [0.25, 0.3) is 0 Å². The average molecular weight is 328 g/mol. The van der Waals surface area contributed by atoms with Gasteiger partial charge in [-0.05, 0) is 50.4 Å². The topological polar surface area (TPSA) is 50.4 Å². The number of carbonyl (C=O) groups is 1. The molecule has 0 bridgehead atoms. The number of thioether (sulfide) groups is 1. The molecule has 2 aliphatic heterocycles. The number of amides is 1. The lowest BCUT2D eigenvalue weighted by molar-refractivity contribution is -0.125. The van der Waals surface area contributed by atoms with Gasteiger partial charge in [0.15, 0.2) is 0 Å². The molecule has 0 aromatic carbocycles. The molecule has 0 aromatic rings. The van der Waals surface area contributed by atoms with Crippen LogP contribution in [0.4, 0.5) is 4.39 Å². The molecule has 0 aromatic heterocycles. The molecule has 6 unspecified atom stereocenters. The van der Waals surface area contributed by atoms with Crippen molar-refractivity contribution in [3.05, 3.63) is 0 Å². The second-order valence-electron chi connectivity index (χ2n) is 7.23. The van der Waals surface area contributed by atoms with Gasteiger partial charge < -0.3 is 10.1 Å². The summed E-state index contributed by atoms with van der Waals surface area (Å²) in [5, 5.41) is 7.27. The SMILES string of the molecule is O=C(NC1NC2CCC3CC(F)CCC3C2S1)[C@@H]1CCOC1. The summed E-state index contributed by atoms with van der Waals surface area (Å²) < 4.78 is 18.9. The van der Waals surface area contributed by atoms with Gasteiger partial charge in [0.2, 0.25) is 5.91 Å². The van der Waals surface area contributed by atoms with Gasteiger partial charge in [0.25, 0.3) is 0 Å². The lowest BCUT2D eigenvalue weighted by Crippen LogP contribution is -2.48. The molecule has 2 saturated carbocycles. The van der Waals surface area contributed by atoms with Crippen LogP contribution < -0.4 is 10.6 Å². The van der Waals surface area contributed by atoms with E-state index in [4.69, 9.17) is 4.74 Å². The van der Waals surface area contributed by atoms with Gasteiger partial charge in [-0.2, -0.15) is 0 Å². The number of nitrogens with one attached hydrogen (secondary N) is 2. The maximum Gasteiger partial charge on any atom is 0.227 e. The van der Waals surface area contributed by atoms with Crippen LogP contribution >= 0.6 is 11.8 Å². The summed E-state index contributed by atoms with van der Waals surface area (Å²) in [6.07, 6.45) is 4.99. The molecular formula is C16H25FN2O2S. The van der Waals surface area contributed by atoms with Gasteiger partial charge in [0, 0.05) is 17.9 Å². The minimum Gasteiger partial charge on any atom is -0.381 e. The summed E-state index contributed by atoms with van der Waals surface area (Å²) in [5.74, 6) is 1.31. The van der Waals surface area contributed by atoms with Crippen LogP contribution in [0.5, 0.6) is 0 Å². The van der Waals surface area contributed by atoms with E-state index in [0.29, 0.717) is 36.3 Å². The van der Waals surface area contributed by atoms with Crippen LogP contribution in [0.2, 0.25) is 0 Å². The Morgan fingerprint density at radius 2 is 2.14 bits per heavy atom. The van der Waals surface area contributed by atoms with Gasteiger partial charge in [0.1, 0.15) is 11.7 Å². The minimum atomic E-state index is -0.588. The second-order valence-corrected chi connectivity index (χ2v) is 8.52. The fourth-order valence-electron chi connectivity index (χ4n) is 4.68. The van der Waals surface area contributed by atoms with Gasteiger partial charge >= 0.3 is 0 Å². The Morgan fingerprint density at radius 3 is 2.95 bits per heavy atom. The number of carbonyl (C=O) groups excluding carboxylic acids is 1. The van der Waals surface area contributed by atoms with Crippen molar-refractivity contribution in [2.45, 2.75) is 61.5 Å². The zero-order valence-electron chi connectivity index (χ0n) is 12.8. The molecule has 0 radical (unpaired) electrons. The summed E-state index contributed by atoms with van der Waals surface area (Å²) in [7, 11) is 0. The van der Waals surface area contributed by atoms with Crippen LogP contribution in [0.15, 0.2) is 0 Å². The first-order chi connectivity index (χ1) is 10.7. The Balaban J connectivity index is 1.36. The largest absolute Gasteiger partial charge is 0.381 e. The summed E-state index contributed by atoms with van der Waals surface area (Å²) >= 11 is 1.86. The van der Waals surface area contributed by atoms with E-state index in [9.17, 15) is 9.18 Å². The fourth-order valence-corrected chi connectivity index (χ4v) is 6.40. The monoisotopic (exact) mass is 328 g/mol. The fraction of sp³-hybridized carbons (Fsp3) is 0.938. The molecule has 0 spiro atoms. The lowest BCUT2D eigenvalue weighted by Gasteiger charge is -2.42. The molecule has 2 heterocycles. The lowest BCUT2D eigenvalue weighted by atomic mass is 9.68. The number of hydrogen-bond donors (Lipinski definition) is 2. The maximum absolute atomic E-state index is 13.6. The van der Waals surface area contributed by atoms with Gasteiger partial charge in [-0.25, -0.2) is 4.39 Å². The van der Waals surface area contributed by atoms with Gasteiger partial charge in [-0.1, -0.05) is 0 Å². The number of rotatable bonds is 2. The van der Waals surface area contributed by atoms with Crippen LogP contribution in [0, 0.1) is 17.8 Å². The maximum atomic E-state index is 13.6. The second kappa shape index (κ2) is 6.29.